The number of hydrogen-bond donors (Lipinski definition) is 0. The Labute approximate surface area is 122 Å². The minimum Gasteiger partial charge on any atom is -0.451 e. The monoisotopic (exact) mass is 293 g/mol. The third-order valence-corrected chi connectivity index (χ3v) is 4.19. The molecule has 0 radical (unpaired) electrons. The largest absolute Gasteiger partial charge is 0.451 e. The number of nitrogens with zero attached hydrogens (tertiary/aromatic N) is 3. The first-order valence-corrected chi connectivity index (χ1v) is 7.19. The summed E-state index contributed by atoms with van der Waals surface area (Å²) in [5.74, 6) is -0.247. The maximum Gasteiger partial charge on any atom is 0.275 e. The molecule has 2 aliphatic rings. The number of aromatic nitrogens is 1. The molecule has 3 rings (SSSR count). The minimum absolute atomic E-state index is 0.0300. The van der Waals surface area contributed by atoms with E-state index in [1.54, 1.807) is 16.8 Å². The van der Waals surface area contributed by atoms with Gasteiger partial charge in [-0.1, -0.05) is 0 Å². The summed E-state index contributed by atoms with van der Waals surface area (Å²) in [6.45, 7) is 1.84. The van der Waals surface area contributed by atoms with Gasteiger partial charge in [0.15, 0.2) is 17.7 Å². The average Bonchev–Trinajstić information content (AvgIpc) is 3.00. The highest BCUT2D eigenvalue weighted by Gasteiger charge is 2.47. The van der Waals surface area contributed by atoms with Crippen LogP contribution in [0, 0.1) is 0 Å². The summed E-state index contributed by atoms with van der Waals surface area (Å²) in [5.41, 5.74) is -0.635. The van der Waals surface area contributed by atoms with Gasteiger partial charge in [-0.15, -0.1) is 0 Å². The topological polar surface area (TPSA) is 75.9 Å². The number of carbonyl (C=O) groups excluding carboxylic acids is 2. The second kappa shape index (κ2) is 5.48. The summed E-state index contributed by atoms with van der Waals surface area (Å²) in [4.78, 5) is 32.2. The number of carbonyl (C=O) groups is 2. The Kier molecular flexibility index (Phi) is 3.67. The highest BCUT2D eigenvalue weighted by Crippen LogP contribution is 2.29. The van der Waals surface area contributed by atoms with Crippen molar-refractivity contribution in [3.05, 3.63) is 18.4 Å². The van der Waals surface area contributed by atoms with Crippen molar-refractivity contribution in [2.45, 2.75) is 24.9 Å². The summed E-state index contributed by atoms with van der Waals surface area (Å²) >= 11 is 0. The van der Waals surface area contributed by atoms with Crippen molar-refractivity contribution >= 4 is 11.8 Å². The van der Waals surface area contributed by atoms with E-state index in [0.29, 0.717) is 19.6 Å². The lowest BCUT2D eigenvalue weighted by Gasteiger charge is -2.41. The number of oxazole rings is 1. The molecule has 1 aromatic heterocycles. The van der Waals surface area contributed by atoms with Crippen molar-refractivity contribution in [3.8, 4) is 0 Å². The van der Waals surface area contributed by atoms with Gasteiger partial charge in [0, 0.05) is 20.1 Å². The maximum absolute atomic E-state index is 12.6. The SMILES string of the molecule is CN1CCCCC2(CN(C(=O)c3cocn3)CCO2)C1=O. The van der Waals surface area contributed by atoms with Gasteiger partial charge in [0.05, 0.1) is 13.2 Å². The average molecular weight is 293 g/mol. The first-order valence-electron chi connectivity index (χ1n) is 7.19. The first kappa shape index (κ1) is 14.1. The summed E-state index contributed by atoms with van der Waals surface area (Å²) in [6.07, 6.45) is 5.09. The van der Waals surface area contributed by atoms with E-state index in [1.165, 1.54) is 12.7 Å². The molecule has 21 heavy (non-hydrogen) atoms. The molecule has 114 valence electrons. The molecule has 2 amide bonds. The van der Waals surface area contributed by atoms with Crippen LogP contribution in [0.15, 0.2) is 17.1 Å². The summed E-state index contributed by atoms with van der Waals surface area (Å²) in [6, 6.07) is 0. The highest BCUT2D eigenvalue weighted by molar-refractivity contribution is 5.93. The van der Waals surface area contributed by atoms with Crippen LogP contribution in [0.5, 0.6) is 0 Å². The summed E-state index contributed by atoms with van der Waals surface area (Å²) in [7, 11) is 1.79. The van der Waals surface area contributed by atoms with Gasteiger partial charge in [-0.05, 0) is 19.3 Å². The van der Waals surface area contributed by atoms with Gasteiger partial charge in [0.25, 0.3) is 11.8 Å². The fraction of sp³-hybridized carbons (Fsp3) is 0.643. The van der Waals surface area contributed by atoms with Crippen molar-refractivity contribution in [1.29, 1.82) is 0 Å². The molecule has 1 unspecified atom stereocenters. The van der Waals surface area contributed by atoms with E-state index in [0.717, 1.165) is 19.4 Å². The molecule has 0 bridgehead atoms. The van der Waals surface area contributed by atoms with Crippen LogP contribution in [0.3, 0.4) is 0 Å². The zero-order chi connectivity index (χ0) is 14.9. The van der Waals surface area contributed by atoms with Crippen LogP contribution < -0.4 is 0 Å². The van der Waals surface area contributed by atoms with Gasteiger partial charge < -0.3 is 19.0 Å². The number of rotatable bonds is 1. The number of ether oxygens (including phenoxy) is 1. The molecule has 0 N–H and O–H groups in total. The van der Waals surface area contributed by atoms with Crippen LogP contribution in [0.4, 0.5) is 0 Å². The molecule has 2 aliphatic heterocycles. The van der Waals surface area contributed by atoms with E-state index in [4.69, 9.17) is 9.15 Å². The Hall–Kier alpha value is -1.89. The van der Waals surface area contributed by atoms with Gasteiger partial charge in [-0.25, -0.2) is 4.98 Å². The van der Waals surface area contributed by atoms with Crippen LogP contribution in [0.2, 0.25) is 0 Å². The van der Waals surface area contributed by atoms with E-state index < -0.39 is 5.60 Å². The van der Waals surface area contributed by atoms with E-state index in [1.807, 2.05) is 0 Å². The Bertz CT molecular complexity index is 530. The molecule has 2 fully saturated rings. The quantitative estimate of drug-likeness (QED) is 0.755. The summed E-state index contributed by atoms with van der Waals surface area (Å²) < 4.78 is 10.7. The van der Waals surface area contributed by atoms with Gasteiger partial charge in [0.2, 0.25) is 0 Å². The smallest absolute Gasteiger partial charge is 0.275 e. The predicted molar refractivity (Wildman–Crippen MR) is 72.6 cm³/mol. The molecule has 1 spiro atoms. The van der Waals surface area contributed by atoms with Crippen molar-refractivity contribution in [3.63, 3.8) is 0 Å². The molecule has 0 saturated carbocycles. The Morgan fingerprint density at radius 2 is 2.24 bits per heavy atom. The summed E-state index contributed by atoms with van der Waals surface area (Å²) in [5, 5.41) is 0. The van der Waals surface area contributed by atoms with E-state index in [-0.39, 0.29) is 24.1 Å². The lowest BCUT2D eigenvalue weighted by molar-refractivity contribution is -0.166. The predicted octanol–water partition coefficient (Wildman–Crippen LogP) is 0.528. The molecule has 1 aromatic rings. The van der Waals surface area contributed by atoms with E-state index >= 15 is 0 Å². The number of amides is 2. The third-order valence-electron chi connectivity index (χ3n) is 4.19. The van der Waals surface area contributed by atoms with Crippen molar-refractivity contribution < 1.29 is 18.7 Å². The normalized spacial score (nSPS) is 27.0. The molecule has 2 saturated heterocycles. The van der Waals surface area contributed by atoms with Crippen LogP contribution in [-0.2, 0) is 9.53 Å². The van der Waals surface area contributed by atoms with Crippen LogP contribution >= 0.6 is 0 Å². The fourth-order valence-corrected chi connectivity index (χ4v) is 3.03. The van der Waals surface area contributed by atoms with Crippen LogP contribution in [0.25, 0.3) is 0 Å². The molecule has 1 atom stereocenters. The Morgan fingerprint density at radius 1 is 1.38 bits per heavy atom. The lowest BCUT2D eigenvalue weighted by Crippen LogP contribution is -2.60. The molecule has 3 heterocycles. The first-order chi connectivity index (χ1) is 10.1. The number of hydrogen-bond acceptors (Lipinski definition) is 5. The van der Waals surface area contributed by atoms with Crippen molar-refractivity contribution in [2.24, 2.45) is 0 Å². The molecular formula is C14H19N3O4. The highest BCUT2D eigenvalue weighted by atomic mass is 16.5. The number of likely N-dealkylation sites (tertiary alicyclic amines) is 1. The molecule has 7 nitrogen and oxygen atoms in total. The van der Waals surface area contributed by atoms with Gasteiger partial charge in [-0.2, -0.15) is 0 Å². The zero-order valence-electron chi connectivity index (χ0n) is 12.1. The Balaban J connectivity index is 1.81. The second-order valence-corrected chi connectivity index (χ2v) is 5.63. The van der Waals surface area contributed by atoms with Crippen molar-refractivity contribution in [1.82, 2.24) is 14.8 Å². The van der Waals surface area contributed by atoms with Crippen LogP contribution in [-0.4, -0.2) is 65.5 Å². The molecule has 0 aromatic carbocycles. The molecule has 0 aliphatic carbocycles. The minimum atomic E-state index is -0.900. The third kappa shape index (κ3) is 2.53. The molecular weight excluding hydrogens is 274 g/mol. The van der Waals surface area contributed by atoms with Crippen molar-refractivity contribution in [2.75, 3.05) is 33.3 Å². The van der Waals surface area contributed by atoms with E-state index in [2.05, 4.69) is 4.98 Å². The Morgan fingerprint density at radius 3 is 3.00 bits per heavy atom. The fourth-order valence-electron chi connectivity index (χ4n) is 3.03. The number of morpholine rings is 1. The standard InChI is InChI=1S/C14H19N3O4/c1-16-5-3-2-4-14(13(16)19)9-17(6-7-21-14)12(18)11-8-20-10-15-11/h8,10H,2-7,9H2,1H3. The van der Waals surface area contributed by atoms with Crippen LogP contribution in [0.1, 0.15) is 29.8 Å². The number of likely N-dealkylation sites (N-methyl/N-ethyl adjacent to an activating group) is 1. The van der Waals surface area contributed by atoms with Gasteiger partial charge in [0.1, 0.15) is 6.26 Å². The van der Waals surface area contributed by atoms with Gasteiger partial charge >= 0.3 is 0 Å². The maximum atomic E-state index is 12.6. The van der Waals surface area contributed by atoms with Gasteiger partial charge in [-0.3, -0.25) is 9.59 Å². The zero-order valence-corrected chi connectivity index (χ0v) is 12.1. The second-order valence-electron chi connectivity index (χ2n) is 5.63. The van der Waals surface area contributed by atoms with E-state index in [9.17, 15) is 9.59 Å². The lowest BCUT2D eigenvalue weighted by atomic mass is 9.94. The molecule has 7 heteroatoms.